The minimum absolute atomic E-state index is 0.0317. The number of nitrogen functional groups attached to an aromatic ring is 1. The van der Waals surface area contributed by atoms with Crippen LogP contribution in [0.2, 0.25) is 4.34 Å². The molecule has 0 spiro atoms. The van der Waals surface area contributed by atoms with Crippen molar-refractivity contribution in [3.8, 4) is 16.4 Å². The molecule has 0 atom stereocenters. The van der Waals surface area contributed by atoms with Gasteiger partial charge in [-0.15, -0.1) is 16.4 Å². The predicted molar refractivity (Wildman–Crippen MR) is 68.9 cm³/mol. The topological polar surface area (TPSA) is 133 Å². The zero-order chi connectivity index (χ0) is 14.3. The summed E-state index contributed by atoms with van der Waals surface area (Å²) in [6.07, 6.45) is 0. The lowest BCUT2D eigenvalue weighted by molar-refractivity contribution is 0.0691. The number of rotatable bonds is 3. The Bertz CT molecular complexity index is 793. The largest absolute Gasteiger partial charge is 0.476 e. The van der Waals surface area contributed by atoms with Crippen molar-refractivity contribution in [2.75, 3.05) is 5.73 Å². The average Bonchev–Trinajstić information content (AvgIpc) is 3.07. The fourth-order valence-corrected chi connectivity index (χ4v) is 2.65. The van der Waals surface area contributed by atoms with E-state index in [0.717, 1.165) is 4.68 Å². The molecular weight excluding hydrogens is 308 g/mol. The molecule has 0 aromatic carbocycles. The SMILES string of the molecule is Nc1nonc1-n1nnc(C(=O)O)c1-c1ccc(Cl)s1. The van der Waals surface area contributed by atoms with Crippen molar-refractivity contribution in [2.45, 2.75) is 0 Å². The van der Waals surface area contributed by atoms with E-state index in [0.29, 0.717) is 9.21 Å². The van der Waals surface area contributed by atoms with Crippen LogP contribution in [0.4, 0.5) is 5.82 Å². The summed E-state index contributed by atoms with van der Waals surface area (Å²) in [6.45, 7) is 0. The van der Waals surface area contributed by atoms with Gasteiger partial charge < -0.3 is 10.8 Å². The number of halogens is 1. The van der Waals surface area contributed by atoms with E-state index < -0.39 is 5.97 Å². The summed E-state index contributed by atoms with van der Waals surface area (Å²) in [5.74, 6) is -1.20. The predicted octanol–water partition coefficient (Wildman–Crippen LogP) is 1.31. The Hall–Kier alpha value is -2.46. The van der Waals surface area contributed by atoms with E-state index in [9.17, 15) is 9.90 Å². The molecule has 0 aliphatic rings. The molecular formula is C9H5ClN6O3S. The number of hydrogen-bond donors (Lipinski definition) is 2. The van der Waals surface area contributed by atoms with E-state index in [1.807, 2.05) is 0 Å². The quantitative estimate of drug-likeness (QED) is 0.739. The second-order valence-electron chi connectivity index (χ2n) is 3.58. The molecule has 11 heteroatoms. The fourth-order valence-electron chi connectivity index (χ4n) is 1.57. The van der Waals surface area contributed by atoms with Crippen molar-refractivity contribution < 1.29 is 14.5 Å². The van der Waals surface area contributed by atoms with Gasteiger partial charge in [0, 0.05) is 0 Å². The first-order valence-electron chi connectivity index (χ1n) is 5.11. The molecule has 0 saturated heterocycles. The van der Waals surface area contributed by atoms with Crippen LogP contribution < -0.4 is 5.73 Å². The third-order valence-corrected chi connectivity index (χ3v) is 3.61. The van der Waals surface area contributed by atoms with Gasteiger partial charge in [-0.25, -0.2) is 9.42 Å². The van der Waals surface area contributed by atoms with E-state index in [2.05, 4.69) is 25.3 Å². The van der Waals surface area contributed by atoms with E-state index in [1.54, 1.807) is 12.1 Å². The molecule has 3 rings (SSSR count). The van der Waals surface area contributed by atoms with Crippen LogP contribution in [-0.4, -0.2) is 36.4 Å². The molecule has 3 heterocycles. The Morgan fingerprint density at radius 3 is 2.80 bits per heavy atom. The number of nitrogens with zero attached hydrogens (tertiary/aromatic N) is 5. The highest BCUT2D eigenvalue weighted by atomic mass is 35.5. The highest BCUT2D eigenvalue weighted by molar-refractivity contribution is 7.19. The molecule has 0 aliphatic heterocycles. The second-order valence-corrected chi connectivity index (χ2v) is 5.30. The summed E-state index contributed by atoms with van der Waals surface area (Å²) >= 11 is 7.04. The number of aromatic nitrogens is 5. The van der Waals surface area contributed by atoms with Gasteiger partial charge in [-0.3, -0.25) is 0 Å². The third-order valence-electron chi connectivity index (χ3n) is 2.38. The first-order valence-corrected chi connectivity index (χ1v) is 6.30. The Balaban J connectivity index is 2.27. The first-order chi connectivity index (χ1) is 9.58. The lowest BCUT2D eigenvalue weighted by atomic mass is 10.2. The molecule has 20 heavy (non-hydrogen) atoms. The molecule has 0 unspecified atom stereocenters. The number of carbonyl (C=O) groups is 1. The van der Waals surface area contributed by atoms with Crippen molar-refractivity contribution in [1.29, 1.82) is 0 Å². The van der Waals surface area contributed by atoms with Crippen molar-refractivity contribution >= 4 is 34.7 Å². The van der Waals surface area contributed by atoms with E-state index >= 15 is 0 Å². The highest BCUT2D eigenvalue weighted by Crippen LogP contribution is 2.34. The summed E-state index contributed by atoms with van der Waals surface area (Å²) in [7, 11) is 0. The van der Waals surface area contributed by atoms with E-state index in [1.165, 1.54) is 11.3 Å². The molecule has 102 valence electrons. The molecule has 0 aliphatic carbocycles. The normalized spacial score (nSPS) is 10.8. The second kappa shape index (κ2) is 4.58. The Labute approximate surface area is 119 Å². The molecule has 0 bridgehead atoms. The van der Waals surface area contributed by atoms with E-state index in [4.69, 9.17) is 17.3 Å². The molecule has 0 radical (unpaired) electrons. The van der Waals surface area contributed by atoms with Crippen LogP contribution in [0.15, 0.2) is 16.8 Å². The van der Waals surface area contributed by atoms with Gasteiger partial charge >= 0.3 is 5.97 Å². The third kappa shape index (κ3) is 1.90. The molecule has 3 aromatic rings. The summed E-state index contributed by atoms with van der Waals surface area (Å²) in [5.41, 5.74) is 5.54. The Morgan fingerprint density at radius 2 is 2.25 bits per heavy atom. The number of carboxylic acids is 1. The summed E-state index contributed by atoms with van der Waals surface area (Å²) in [6, 6.07) is 3.28. The van der Waals surface area contributed by atoms with Crippen LogP contribution in [0.1, 0.15) is 10.5 Å². The maximum Gasteiger partial charge on any atom is 0.358 e. The van der Waals surface area contributed by atoms with Crippen LogP contribution >= 0.6 is 22.9 Å². The number of nitrogens with two attached hydrogens (primary N) is 1. The lowest BCUT2D eigenvalue weighted by Crippen LogP contribution is -2.04. The number of thiophene rings is 1. The first kappa shape index (κ1) is 12.6. The minimum atomic E-state index is -1.23. The summed E-state index contributed by atoms with van der Waals surface area (Å²) in [5, 5.41) is 23.5. The molecule has 3 N–H and O–H groups in total. The van der Waals surface area contributed by atoms with Crippen molar-refractivity contribution in [1.82, 2.24) is 25.3 Å². The summed E-state index contributed by atoms with van der Waals surface area (Å²) in [4.78, 5) is 11.8. The van der Waals surface area contributed by atoms with E-state index in [-0.39, 0.29) is 23.0 Å². The number of anilines is 1. The zero-order valence-corrected chi connectivity index (χ0v) is 11.1. The van der Waals surface area contributed by atoms with Gasteiger partial charge in [-0.05, 0) is 22.4 Å². The minimum Gasteiger partial charge on any atom is -0.476 e. The lowest BCUT2D eigenvalue weighted by Gasteiger charge is -2.01. The maximum atomic E-state index is 11.2. The smallest absolute Gasteiger partial charge is 0.358 e. The highest BCUT2D eigenvalue weighted by Gasteiger charge is 2.25. The Morgan fingerprint density at radius 1 is 1.45 bits per heavy atom. The van der Waals surface area contributed by atoms with Gasteiger partial charge in [-0.1, -0.05) is 16.8 Å². The van der Waals surface area contributed by atoms with Crippen molar-refractivity contribution in [3.63, 3.8) is 0 Å². The number of carboxylic acid groups (broad SMARTS) is 1. The summed E-state index contributed by atoms with van der Waals surface area (Å²) < 4.78 is 6.13. The van der Waals surface area contributed by atoms with Crippen LogP contribution in [0.3, 0.4) is 0 Å². The van der Waals surface area contributed by atoms with Gasteiger partial charge in [0.05, 0.1) is 9.21 Å². The van der Waals surface area contributed by atoms with Gasteiger partial charge in [0.15, 0.2) is 5.69 Å². The van der Waals surface area contributed by atoms with Crippen molar-refractivity contribution in [3.05, 3.63) is 22.2 Å². The fraction of sp³-hybridized carbons (Fsp3) is 0. The maximum absolute atomic E-state index is 11.2. The van der Waals surface area contributed by atoms with Gasteiger partial charge in [-0.2, -0.15) is 4.68 Å². The van der Waals surface area contributed by atoms with Crippen LogP contribution in [0, 0.1) is 0 Å². The van der Waals surface area contributed by atoms with Crippen LogP contribution in [-0.2, 0) is 0 Å². The Kier molecular flexibility index (Phi) is 2.88. The number of hydrogen-bond acceptors (Lipinski definition) is 8. The van der Waals surface area contributed by atoms with Crippen LogP contribution in [0.5, 0.6) is 0 Å². The van der Waals surface area contributed by atoms with Crippen molar-refractivity contribution in [2.24, 2.45) is 0 Å². The molecule has 0 fully saturated rings. The number of aromatic carboxylic acids is 1. The molecule has 0 amide bonds. The standard InChI is InChI=1S/C9H5ClN6O3S/c10-4-2-1-3(20-4)6-5(9(17)18)12-15-16(6)8-7(11)13-19-14-8/h1-2H,(H2,11,13)(H,17,18). The van der Waals surface area contributed by atoms with Gasteiger partial charge in [0.25, 0.3) is 0 Å². The molecule has 3 aromatic heterocycles. The average molecular weight is 313 g/mol. The van der Waals surface area contributed by atoms with Gasteiger partial charge in [0.2, 0.25) is 11.6 Å². The monoisotopic (exact) mass is 312 g/mol. The molecule has 0 saturated carbocycles. The van der Waals surface area contributed by atoms with Gasteiger partial charge in [0.1, 0.15) is 5.69 Å². The zero-order valence-electron chi connectivity index (χ0n) is 9.52. The van der Waals surface area contributed by atoms with Crippen LogP contribution in [0.25, 0.3) is 16.4 Å². The molecule has 9 nitrogen and oxygen atoms in total.